The Morgan fingerprint density at radius 1 is 1.47 bits per heavy atom. The first-order valence-corrected chi connectivity index (χ1v) is 5.78. The van der Waals surface area contributed by atoms with Gasteiger partial charge in [-0.05, 0) is 37.1 Å². The Balaban J connectivity index is 2.68. The largest absolute Gasteiger partial charge is 0.384 e. The summed E-state index contributed by atoms with van der Waals surface area (Å²) in [5, 5.41) is 7.28. The van der Waals surface area contributed by atoms with Crippen LogP contribution in [0.5, 0.6) is 0 Å². The molecule has 17 heavy (non-hydrogen) atoms. The molecule has 94 valence electrons. The van der Waals surface area contributed by atoms with Gasteiger partial charge in [-0.25, -0.2) is 4.39 Å². The van der Waals surface area contributed by atoms with Gasteiger partial charge in [-0.1, -0.05) is 13.3 Å². The average molecular weight is 238 g/mol. The molecule has 1 aromatic rings. The van der Waals surface area contributed by atoms with Crippen LogP contribution in [-0.4, -0.2) is 11.9 Å². The predicted molar refractivity (Wildman–Crippen MR) is 66.6 cm³/mol. The van der Waals surface area contributed by atoms with E-state index < -0.39 is 0 Å². The van der Waals surface area contributed by atoms with Gasteiger partial charge in [0.15, 0.2) is 0 Å². The predicted octanol–water partition coefficient (Wildman–Crippen LogP) is 2.81. The highest BCUT2D eigenvalue weighted by Crippen LogP contribution is 2.12. The standard InChI is InChI=1S/C13H19FN2O/c1-3-4-9(2)17-8-10-5-11(13(15)16)7-12(14)6-10/h5-7,9H,3-4,8H2,1-2H3,(H3,15,16). The highest BCUT2D eigenvalue weighted by molar-refractivity contribution is 5.95. The number of amidine groups is 1. The van der Waals surface area contributed by atoms with Crippen LogP contribution in [0.1, 0.15) is 37.8 Å². The first-order chi connectivity index (χ1) is 8.02. The van der Waals surface area contributed by atoms with Crippen molar-refractivity contribution in [2.75, 3.05) is 0 Å². The molecule has 1 rings (SSSR count). The molecule has 0 aliphatic rings. The number of nitrogens with one attached hydrogen (secondary N) is 1. The van der Waals surface area contributed by atoms with Crippen molar-refractivity contribution in [3.05, 3.63) is 35.1 Å². The van der Waals surface area contributed by atoms with Crippen molar-refractivity contribution in [1.82, 2.24) is 0 Å². The second-order valence-electron chi connectivity index (χ2n) is 4.17. The average Bonchev–Trinajstić information content (AvgIpc) is 2.26. The molecule has 3 N–H and O–H groups in total. The summed E-state index contributed by atoms with van der Waals surface area (Å²) in [4.78, 5) is 0. The fourth-order valence-electron chi connectivity index (χ4n) is 1.62. The highest BCUT2D eigenvalue weighted by atomic mass is 19.1. The normalized spacial score (nSPS) is 12.4. The molecule has 1 aromatic carbocycles. The fourth-order valence-corrected chi connectivity index (χ4v) is 1.62. The third kappa shape index (κ3) is 4.53. The maximum Gasteiger partial charge on any atom is 0.124 e. The molecule has 0 saturated heterocycles. The number of rotatable bonds is 6. The summed E-state index contributed by atoms with van der Waals surface area (Å²) in [5.41, 5.74) is 6.43. The Hall–Kier alpha value is -1.42. The number of benzene rings is 1. The summed E-state index contributed by atoms with van der Waals surface area (Å²) in [6.45, 7) is 4.43. The van der Waals surface area contributed by atoms with Crippen LogP contribution in [0.3, 0.4) is 0 Å². The molecule has 0 radical (unpaired) electrons. The minimum Gasteiger partial charge on any atom is -0.384 e. The fraction of sp³-hybridized carbons (Fsp3) is 0.462. The van der Waals surface area contributed by atoms with E-state index in [-0.39, 0.29) is 17.8 Å². The van der Waals surface area contributed by atoms with Crippen molar-refractivity contribution in [3.63, 3.8) is 0 Å². The molecule has 0 spiro atoms. The van der Waals surface area contributed by atoms with E-state index in [0.717, 1.165) is 12.8 Å². The molecule has 0 aromatic heterocycles. The number of nitrogen functional groups attached to an aromatic ring is 1. The van der Waals surface area contributed by atoms with Crippen LogP contribution in [0, 0.1) is 11.2 Å². The van der Waals surface area contributed by atoms with Crippen LogP contribution < -0.4 is 5.73 Å². The lowest BCUT2D eigenvalue weighted by Crippen LogP contribution is -2.13. The van der Waals surface area contributed by atoms with E-state index in [1.54, 1.807) is 6.07 Å². The van der Waals surface area contributed by atoms with Crippen LogP contribution in [-0.2, 0) is 11.3 Å². The molecule has 4 heteroatoms. The zero-order chi connectivity index (χ0) is 12.8. The lowest BCUT2D eigenvalue weighted by atomic mass is 10.1. The maximum atomic E-state index is 13.3. The van der Waals surface area contributed by atoms with Crippen molar-refractivity contribution in [2.24, 2.45) is 5.73 Å². The van der Waals surface area contributed by atoms with Crippen molar-refractivity contribution in [3.8, 4) is 0 Å². The van der Waals surface area contributed by atoms with Crippen molar-refractivity contribution >= 4 is 5.84 Å². The molecule has 0 aliphatic carbocycles. The Labute approximate surface area is 101 Å². The third-order valence-electron chi connectivity index (χ3n) is 2.50. The van der Waals surface area contributed by atoms with Crippen LogP contribution in [0.2, 0.25) is 0 Å². The summed E-state index contributed by atoms with van der Waals surface area (Å²) >= 11 is 0. The summed E-state index contributed by atoms with van der Waals surface area (Å²) in [6, 6.07) is 4.34. The summed E-state index contributed by atoms with van der Waals surface area (Å²) < 4.78 is 18.8. The van der Waals surface area contributed by atoms with E-state index in [1.807, 2.05) is 6.92 Å². The molecular weight excluding hydrogens is 219 g/mol. The van der Waals surface area contributed by atoms with Crippen molar-refractivity contribution in [1.29, 1.82) is 5.41 Å². The van der Waals surface area contributed by atoms with Crippen LogP contribution in [0.15, 0.2) is 18.2 Å². The van der Waals surface area contributed by atoms with E-state index in [0.29, 0.717) is 17.7 Å². The molecule has 3 nitrogen and oxygen atoms in total. The van der Waals surface area contributed by atoms with Gasteiger partial charge in [-0.3, -0.25) is 5.41 Å². The zero-order valence-corrected chi connectivity index (χ0v) is 10.3. The van der Waals surface area contributed by atoms with Gasteiger partial charge in [-0.2, -0.15) is 0 Å². The summed E-state index contributed by atoms with van der Waals surface area (Å²) in [6.07, 6.45) is 2.20. The van der Waals surface area contributed by atoms with E-state index in [9.17, 15) is 4.39 Å². The maximum absolute atomic E-state index is 13.3. The highest BCUT2D eigenvalue weighted by Gasteiger charge is 2.05. The Morgan fingerprint density at radius 3 is 2.76 bits per heavy atom. The number of ether oxygens (including phenoxy) is 1. The molecule has 1 atom stereocenters. The second-order valence-corrected chi connectivity index (χ2v) is 4.17. The molecule has 1 unspecified atom stereocenters. The zero-order valence-electron chi connectivity index (χ0n) is 10.3. The van der Waals surface area contributed by atoms with Gasteiger partial charge in [-0.15, -0.1) is 0 Å². The van der Waals surface area contributed by atoms with Gasteiger partial charge in [0, 0.05) is 5.56 Å². The lowest BCUT2D eigenvalue weighted by molar-refractivity contribution is 0.0470. The second kappa shape index (κ2) is 6.35. The van der Waals surface area contributed by atoms with E-state index in [1.165, 1.54) is 12.1 Å². The van der Waals surface area contributed by atoms with Crippen LogP contribution >= 0.6 is 0 Å². The molecule has 0 aliphatic heterocycles. The first kappa shape index (κ1) is 13.6. The van der Waals surface area contributed by atoms with Crippen LogP contribution in [0.25, 0.3) is 0 Å². The molecule has 0 fully saturated rings. The Morgan fingerprint density at radius 2 is 2.18 bits per heavy atom. The summed E-state index contributed by atoms with van der Waals surface area (Å²) in [7, 11) is 0. The van der Waals surface area contributed by atoms with E-state index in [4.69, 9.17) is 15.9 Å². The summed E-state index contributed by atoms with van der Waals surface area (Å²) in [5.74, 6) is -0.521. The molecule has 0 bridgehead atoms. The molecule has 0 amide bonds. The number of halogens is 1. The van der Waals surface area contributed by atoms with Gasteiger partial charge in [0.2, 0.25) is 0 Å². The minimum absolute atomic E-state index is 0.132. The van der Waals surface area contributed by atoms with E-state index >= 15 is 0 Å². The first-order valence-electron chi connectivity index (χ1n) is 5.78. The van der Waals surface area contributed by atoms with Gasteiger partial charge in [0.1, 0.15) is 11.7 Å². The van der Waals surface area contributed by atoms with Crippen LogP contribution in [0.4, 0.5) is 4.39 Å². The number of hydrogen-bond donors (Lipinski definition) is 2. The minimum atomic E-state index is -0.389. The van der Waals surface area contributed by atoms with Gasteiger partial charge >= 0.3 is 0 Å². The van der Waals surface area contributed by atoms with Gasteiger partial charge in [0.25, 0.3) is 0 Å². The topological polar surface area (TPSA) is 59.1 Å². The number of nitrogens with two attached hydrogens (primary N) is 1. The Bertz CT molecular complexity index is 393. The smallest absolute Gasteiger partial charge is 0.124 e. The molecular formula is C13H19FN2O. The SMILES string of the molecule is CCCC(C)OCc1cc(F)cc(C(=N)N)c1. The lowest BCUT2D eigenvalue weighted by Gasteiger charge is -2.12. The van der Waals surface area contributed by atoms with E-state index in [2.05, 4.69) is 6.92 Å². The van der Waals surface area contributed by atoms with Crippen molar-refractivity contribution in [2.45, 2.75) is 39.4 Å². The van der Waals surface area contributed by atoms with Gasteiger partial charge < -0.3 is 10.5 Å². The van der Waals surface area contributed by atoms with Gasteiger partial charge in [0.05, 0.1) is 12.7 Å². The van der Waals surface area contributed by atoms with Crippen molar-refractivity contribution < 1.29 is 9.13 Å². The molecule has 0 heterocycles. The molecule has 0 saturated carbocycles. The quantitative estimate of drug-likeness (QED) is 0.591. The third-order valence-corrected chi connectivity index (χ3v) is 2.50. The number of hydrogen-bond acceptors (Lipinski definition) is 2. The monoisotopic (exact) mass is 238 g/mol. The Kier molecular flexibility index (Phi) is 5.10.